The largest absolute Gasteiger partial charge is 1.00 e. The fourth-order valence-corrected chi connectivity index (χ4v) is 4.11. The summed E-state index contributed by atoms with van der Waals surface area (Å²) >= 11 is 6.04. The van der Waals surface area contributed by atoms with Crippen LogP contribution in [0.1, 0.15) is 31.7 Å². The van der Waals surface area contributed by atoms with E-state index in [1.54, 1.807) is 0 Å². The van der Waals surface area contributed by atoms with Crippen molar-refractivity contribution in [3.05, 3.63) is 59.1 Å². The van der Waals surface area contributed by atoms with Gasteiger partial charge in [-0.25, -0.2) is 9.48 Å². The first-order valence-corrected chi connectivity index (χ1v) is 9.62. The summed E-state index contributed by atoms with van der Waals surface area (Å²) in [6.07, 6.45) is 3.22. The number of β-amino-alcohol motifs (C(OH)–C–C–N with tert-alkyl or cyclic N) is 1. The van der Waals surface area contributed by atoms with Crippen molar-refractivity contribution < 1.29 is 31.4 Å². The lowest BCUT2D eigenvalue weighted by Crippen LogP contribution is -3.00. The van der Waals surface area contributed by atoms with Crippen LogP contribution in [0.25, 0.3) is 0 Å². The van der Waals surface area contributed by atoms with Gasteiger partial charge in [-0.3, -0.25) is 0 Å². The van der Waals surface area contributed by atoms with Crippen LogP contribution < -0.4 is 26.6 Å². The van der Waals surface area contributed by atoms with Crippen molar-refractivity contribution in [3.63, 3.8) is 0 Å². The Kier molecular flexibility index (Phi) is 6.14. The fourth-order valence-electron chi connectivity index (χ4n) is 3.99. The van der Waals surface area contributed by atoms with Gasteiger partial charge >= 0.3 is 0 Å². The van der Waals surface area contributed by atoms with Crippen LogP contribution in [0.5, 0.6) is 5.75 Å². The number of halogens is 2. The first-order chi connectivity index (χ1) is 12.6. The lowest BCUT2D eigenvalue weighted by molar-refractivity contribution is -0.661. The molecule has 2 heterocycles. The Balaban J connectivity index is 0.00000210. The Morgan fingerprint density at radius 1 is 1.11 bits per heavy atom. The summed E-state index contributed by atoms with van der Waals surface area (Å²) in [7, 11) is 0. The van der Waals surface area contributed by atoms with Crippen LogP contribution in [0.4, 0.5) is 5.69 Å². The molecule has 4 rings (SSSR count). The number of ether oxygens (including phenoxy) is 1. The van der Waals surface area contributed by atoms with Crippen LogP contribution in [-0.2, 0) is 5.72 Å². The molecule has 0 amide bonds. The fraction of sp³-hybridized carbons (Fsp3) is 0.381. The van der Waals surface area contributed by atoms with E-state index in [2.05, 4.69) is 21.6 Å². The van der Waals surface area contributed by atoms with Crippen LogP contribution >= 0.6 is 11.6 Å². The van der Waals surface area contributed by atoms with Gasteiger partial charge < -0.3 is 26.8 Å². The maximum Gasteiger partial charge on any atom is 0.271 e. The van der Waals surface area contributed by atoms with Gasteiger partial charge in [-0.05, 0) is 56.2 Å². The second-order valence-electron chi connectivity index (χ2n) is 6.86. The van der Waals surface area contributed by atoms with E-state index in [-0.39, 0.29) is 17.0 Å². The van der Waals surface area contributed by atoms with Gasteiger partial charge in [0.1, 0.15) is 11.4 Å². The molecule has 0 saturated heterocycles. The van der Waals surface area contributed by atoms with E-state index < -0.39 is 5.72 Å². The molecular formula is C21H24BrClN2O2. The van der Waals surface area contributed by atoms with Crippen LogP contribution in [0.3, 0.4) is 0 Å². The quantitative estimate of drug-likeness (QED) is 0.705. The van der Waals surface area contributed by atoms with Crippen molar-refractivity contribution >= 4 is 23.1 Å². The van der Waals surface area contributed by atoms with Gasteiger partial charge in [-0.1, -0.05) is 23.7 Å². The van der Waals surface area contributed by atoms with Gasteiger partial charge in [-0.15, -0.1) is 0 Å². The Labute approximate surface area is 175 Å². The predicted octanol–water partition coefficient (Wildman–Crippen LogP) is 1.00. The Bertz CT molecular complexity index is 823. The Morgan fingerprint density at radius 3 is 2.48 bits per heavy atom. The van der Waals surface area contributed by atoms with Gasteiger partial charge in [0.05, 0.1) is 13.2 Å². The summed E-state index contributed by atoms with van der Waals surface area (Å²) in [5, 5.41) is 12.3. The van der Waals surface area contributed by atoms with E-state index in [1.165, 1.54) is 5.84 Å². The van der Waals surface area contributed by atoms with Crippen molar-refractivity contribution in [1.82, 2.24) is 0 Å². The number of anilines is 1. The third-order valence-corrected chi connectivity index (χ3v) is 5.50. The SMILES string of the molecule is CCOc1ccc(N2CC(O)(c3ccc(Cl)cc3)[N+]3=C2CCCC3)cc1.[Br-]. The van der Waals surface area contributed by atoms with Crippen molar-refractivity contribution in [2.45, 2.75) is 31.9 Å². The highest BCUT2D eigenvalue weighted by Crippen LogP contribution is 2.36. The number of hydrogen-bond donors (Lipinski definition) is 1. The Hall–Kier alpha value is -1.56. The zero-order chi connectivity index (χ0) is 18.1. The number of rotatable bonds is 4. The summed E-state index contributed by atoms with van der Waals surface area (Å²) in [6.45, 7) is 4.01. The molecule has 0 radical (unpaired) electrons. The molecule has 0 bridgehead atoms. The highest BCUT2D eigenvalue weighted by atomic mass is 79.9. The minimum atomic E-state index is -1.03. The van der Waals surface area contributed by atoms with E-state index in [0.717, 1.165) is 42.8 Å². The van der Waals surface area contributed by atoms with Crippen LogP contribution in [-0.4, -0.2) is 35.2 Å². The normalized spacial score (nSPS) is 21.7. The first kappa shape index (κ1) is 20.2. The molecule has 27 heavy (non-hydrogen) atoms. The lowest BCUT2D eigenvalue weighted by Gasteiger charge is -2.24. The van der Waals surface area contributed by atoms with E-state index >= 15 is 0 Å². The predicted molar refractivity (Wildman–Crippen MR) is 104 cm³/mol. The molecule has 0 aliphatic carbocycles. The number of hydrogen-bond acceptors (Lipinski definition) is 3. The lowest BCUT2D eigenvalue weighted by atomic mass is 10.0. The summed E-state index contributed by atoms with van der Waals surface area (Å²) in [5.74, 6) is 2.06. The molecule has 2 aromatic rings. The molecule has 144 valence electrons. The average molecular weight is 452 g/mol. The highest BCUT2D eigenvalue weighted by Gasteiger charge is 2.52. The summed E-state index contributed by atoms with van der Waals surface area (Å²) < 4.78 is 7.72. The third kappa shape index (κ3) is 3.73. The third-order valence-electron chi connectivity index (χ3n) is 5.25. The van der Waals surface area contributed by atoms with E-state index in [1.807, 2.05) is 43.3 Å². The minimum absolute atomic E-state index is 0. The molecule has 0 saturated carbocycles. The second kappa shape index (κ2) is 8.21. The first-order valence-electron chi connectivity index (χ1n) is 9.24. The second-order valence-corrected chi connectivity index (χ2v) is 7.30. The topological polar surface area (TPSA) is 35.7 Å². The molecule has 0 fully saturated rings. The van der Waals surface area contributed by atoms with Gasteiger partial charge in [0, 0.05) is 17.0 Å². The van der Waals surface area contributed by atoms with Crippen molar-refractivity contribution in [2.75, 3.05) is 24.6 Å². The molecule has 1 atom stereocenters. The monoisotopic (exact) mass is 450 g/mol. The van der Waals surface area contributed by atoms with Crippen LogP contribution in [0.2, 0.25) is 5.02 Å². The number of aliphatic hydroxyl groups is 1. The molecule has 2 aliphatic heterocycles. The molecule has 1 unspecified atom stereocenters. The number of amidine groups is 1. The summed E-state index contributed by atoms with van der Waals surface area (Å²) in [6, 6.07) is 15.7. The molecular weight excluding hydrogens is 428 g/mol. The number of benzene rings is 2. The highest BCUT2D eigenvalue weighted by molar-refractivity contribution is 6.30. The molecule has 0 spiro atoms. The van der Waals surface area contributed by atoms with E-state index in [0.29, 0.717) is 18.2 Å². The standard InChI is InChI=1S/C21H24ClN2O2.BrH/c1-2-26-19-12-10-18(11-13-19)23-15-21(25,16-6-8-17(22)9-7-16)24-14-4-3-5-20(23)24;/h6-13,25H,2-5,14-15H2,1H3;1H/q+1;/p-1. The maximum absolute atomic E-state index is 11.6. The number of nitrogens with zero attached hydrogens (tertiary/aromatic N) is 2. The average Bonchev–Trinajstić information content (AvgIpc) is 2.98. The smallest absolute Gasteiger partial charge is 0.271 e. The van der Waals surface area contributed by atoms with Gasteiger partial charge in [0.2, 0.25) is 0 Å². The zero-order valence-electron chi connectivity index (χ0n) is 15.4. The van der Waals surface area contributed by atoms with Gasteiger partial charge in [0.15, 0.2) is 6.54 Å². The van der Waals surface area contributed by atoms with Gasteiger partial charge in [-0.2, -0.15) is 0 Å². The van der Waals surface area contributed by atoms with Crippen molar-refractivity contribution in [3.8, 4) is 5.75 Å². The Morgan fingerprint density at radius 2 is 1.81 bits per heavy atom. The molecule has 4 nitrogen and oxygen atoms in total. The molecule has 1 N–H and O–H groups in total. The molecule has 2 aliphatic rings. The summed E-state index contributed by atoms with van der Waals surface area (Å²) in [4.78, 5) is 2.24. The molecule has 6 heteroatoms. The molecule has 2 aromatic carbocycles. The van der Waals surface area contributed by atoms with Crippen molar-refractivity contribution in [1.29, 1.82) is 0 Å². The summed E-state index contributed by atoms with van der Waals surface area (Å²) in [5.41, 5.74) is 0.939. The van der Waals surface area contributed by atoms with Crippen molar-refractivity contribution in [2.24, 2.45) is 0 Å². The van der Waals surface area contributed by atoms with Crippen LogP contribution in [0, 0.1) is 0 Å². The van der Waals surface area contributed by atoms with E-state index in [4.69, 9.17) is 16.3 Å². The molecule has 0 aromatic heterocycles. The van der Waals surface area contributed by atoms with Crippen LogP contribution in [0.15, 0.2) is 48.5 Å². The zero-order valence-corrected chi connectivity index (χ0v) is 17.7. The minimum Gasteiger partial charge on any atom is -1.00 e. The van der Waals surface area contributed by atoms with Gasteiger partial charge in [0.25, 0.3) is 11.6 Å². The maximum atomic E-state index is 11.6. The van der Waals surface area contributed by atoms with E-state index in [9.17, 15) is 5.11 Å².